The zero-order chi connectivity index (χ0) is 20.4. The number of methoxy groups -OCH3 is 2. The van der Waals surface area contributed by atoms with Crippen molar-refractivity contribution in [3.63, 3.8) is 0 Å². The second-order valence-corrected chi connectivity index (χ2v) is 7.39. The minimum atomic E-state index is -0.563. The van der Waals surface area contributed by atoms with Gasteiger partial charge >= 0.3 is 6.09 Å². The Morgan fingerprint density at radius 3 is 2.62 bits per heavy atom. The van der Waals surface area contributed by atoms with E-state index in [2.05, 4.69) is 0 Å². The van der Waals surface area contributed by atoms with Crippen LogP contribution in [0.2, 0.25) is 0 Å². The largest absolute Gasteiger partial charge is 0.497 e. The van der Waals surface area contributed by atoms with E-state index in [1.165, 1.54) is 7.11 Å². The molecule has 2 heterocycles. The molecule has 2 saturated heterocycles. The summed E-state index contributed by atoms with van der Waals surface area (Å²) >= 11 is 0. The van der Waals surface area contributed by atoms with E-state index in [1.807, 2.05) is 30.3 Å². The topological polar surface area (TPSA) is 68.3 Å². The van der Waals surface area contributed by atoms with Gasteiger partial charge in [0.25, 0.3) is 5.91 Å². The van der Waals surface area contributed by atoms with Crippen LogP contribution in [0, 0.1) is 0 Å². The van der Waals surface area contributed by atoms with Gasteiger partial charge in [0.2, 0.25) is 0 Å². The molecule has 0 radical (unpaired) electrons. The normalized spacial score (nSPS) is 20.8. The van der Waals surface area contributed by atoms with Crippen molar-refractivity contribution < 1.29 is 23.8 Å². The SMILES string of the molecule is COc1ccc(C(=O)N2CCN3C(=O)OCC3(Cc3ccccc3)C2)c(OC)c1. The number of fused-ring (bicyclic) bond motifs is 1. The van der Waals surface area contributed by atoms with Gasteiger partial charge in [0.05, 0.1) is 19.8 Å². The van der Waals surface area contributed by atoms with E-state index >= 15 is 0 Å². The maximum Gasteiger partial charge on any atom is 0.410 e. The number of benzene rings is 2. The van der Waals surface area contributed by atoms with Crippen molar-refractivity contribution in [2.24, 2.45) is 0 Å². The maximum atomic E-state index is 13.3. The Morgan fingerprint density at radius 2 is 1.90 bits per heavy atom. The predicted octanol–water partition coefficient (Wildman–Crippen LogP) is 2.59. The van der Waals surface area contributed by atoms with E-state index in [4.69, 9.17) is 14.2 Å². The van der Waals surface area contributed by atoms with Crippen LogP contribution in [0.15, 0.2) is 48.5 Å². The van der Waals surface area contributed by atoms with Crippen LogP contribution < -0.4 is 9.47 Å². The number of carbonyl (C=O) groups is 2. The Morgan fingerprint density at radius 1 is 1.10 bits per heavy atom. The number of rotatable bonds is 5. The molecule has 7 nitrogen and oxygen atoms in total. The summed E-state index contributed by atoms with van der Waals surface area (Å²) < 4.78 is 16.0. The molecular weight excluding hydrogens is 372 g/mol. The van der Waals surface area contributed by atoms with Crippen LogP contribution in [0.3, 0.4) is 0 Å². The van der Waals surface area contributed by atoms with E-state index in [-0.39, 0.29) is 18.6 Å². The summed E-state index contributed by atoms with van der Waals surface area (Å²) in [6, 6.07) is 15.1. The van der Waals surface area contributed by atoms with Crippen LogP contribution in [0.1, 0.15) is 15.9 Å². The van der Waals surface area contributed by atoms with Gasteiger partial charge in [-0.05, 0) is 17.7 Å². The molecule has 0 saturated carbocycles. The number of amides is 2. The Kier molecular flexibility index (Phi) is 5.05. The lowest BCUT2D eigenvalue weighted by atomic mass is 9.88. The monoisotopic (exact) mass is 396 g/mol. The maximum absolute atomic E-state index is 13.3. The molecule has 2 aliphatic heterocycles. The highest BCUT2D eigenvalue weighted by molar-refractivity contribution is 5.97. The van der Waals surface area contributed by atoms with Gasteiger partial charge in [0.15, 0.2) is 0 Å². The highest BCUT2D eigenvalue weighted by Gasteiger charge is 2.51. The molecule has 0 N–H and O–H groups in total. The minimum absolute atomic E-state index is 0.129. The molecule has 1 unspecified atom stereocenters. The van der Waals surface area contributed by atoms with Crippen LogP contribution in [0.25, 0.3) is 0 Å². The molecule has 2 aliphatic rings. The first-order valence-corrected chi connectivity index (χ1v) is 9.56. The Labute approximate surface area is 169 Å². The smallest absolute Gasteiger partial charge is 0.410 e. The molecule has 0 bridgehead atoms. The van der Waals surface area contributed by atoms with Gasteiger partial charge in [0.1, 0.15) is 23.6 Å². The average molecular weight is 396 g/mol. The standard InChI is InChI=1S/C22H24N2O5/c1-27-17-8-9-18(19(12-17)28-2)20(25)23-10-11-24-21(26)29-15-22(24,14-23)13-16-6-4-3-5-7-16/h3-9,12H,10-11,13-15H2,1-2H3. The zero-order valence-corrected chi connectivity index (χ0v) is 16.6. The van der Waals surface area contributed by atoms with Crippen LogP contribution in [0.5, 0.6) is 11.5 Å². The molecule has 2 amide bonds. The molecule has 7 heteroatoms. The van der Waals surface area contributed by atoms with Crippen molar-refractivity contribution in [1.82, 2.24) is 9.80 Å². The van der Waals surface area contributed by atoms with E-state index in [1.54, 1.807) is 35.1 Å². The molecule has 29 heavy (non-hydrogen) atoms. The fourth-order valence-electron chi connectivity index (χ4n) is 4.16. The molecule has 152 valence electrons. The minimum Gasteiger partial charge on any atom is -0.497 e. The van der Waals surface area contributed by atoms with Crippen molar-refractivity contribution in [1.29, 1.82) is 0 Å². The lowest BCUT2D eigenvalue weighted by Crippen LogP contribution is -2.63. The van der Waals surface area contributed by atoms with Crippen molar-refractivity contribution >= 4 is 12.0 Å². The fraction of sp³-hybridized carbons (Fsp3) is 0.364. The van der Waals surface area contributed by atoms with Crippen molar-refractivity contribution in [3.8, 4) is 11.5 Å². The Balaban J connectivity index is 1.61. The first-order chi connectivity index (χ1) is 14.1. The van der Waals surface area contributed by atoms with Crippen LogP contribution >= 0.6 is 0 Å². The van der Waals surface area contributed by atoms with E-state index < -0.39 is 5.54 Å². The fourth-order valence-corrected chi connectivity index (χ4v) is 4.16. The molecule has 2 aromatic rings. The molecule has 0 spiro atoms. The van der Waals surface area contributed by atoms with Crippen molar-refractivity contribution in [2.45, 2.75) is 12.0 Å². The second-order valence-electron chi connectivity index (χ2n) is 7.39. The van der Waals surface area contributed by atoms with Crippen molar-refractivity contribution in [2.75, 3.05) is 40.5 Å². The number of hydrogen-bond donors (Lipinski definition) is 0. The van der Waals surface area contributed by atoms with Gasteiger partial charge in [-0.15, -0.1) is 0 Å². The summed E-state index contributed by atoms with van der Waals surface area (Å²) in [7, 11) is 3.10. The van der Waals surface area contributed by atoms with Crippen LogP contribution in [-0.4, -0.2) is 67.8 Å². The lowest BCUT2D eigenvalue weighted by molar-refractivity contribution is 0.0373. The molecule has 4 rings (SSSR count). The van der Waals surface area contributed by atoms with Gasteiger partial charge in [-0.2, -0.15) is 0 Å². The number of ether oxygens (including phenoxy) is 3. The van der Waals surface area contributed by atoms with Gasteiger partial charge in [-0.25, -0.2) is 4.79 Å². The summed E-state index contributed by atoms with van der Waals surface area (Å²) in [6.45, 7) is 1.56. The molecular formula is C22H24N2O5. The third-order valence-electron chi connectivity index (χ3n) is 5.64. The van der Waals surface area contributed by atoms with Gasteiger partial charge < -0.3 is 19.1 Å². The molecule has 2 fully saturated rings. The number of cyclic esters (lactones) is 1. The zero-order valence-electron chi connectivity index (χ0n) is 16.6. The summed E-state index contributed by atoms with van der Waals surface area (Å²) in [6.07, 6.45) is 0.318. The van der Waals surface area contributed by atoms with Crippen molar-refractivity contribution in [3.05, 3.63) is 59.7 Å². The molecule has 2 aromatic carbocycles. The summed E-state index contributed by atoms with van der Waals surface area (Å²) in [4.78, 5) is 29.1. The second kappa shape index (κ2) is 7.66. The van der Waals surface area contributed by atoms with E-state index in [9.17, 15) is 9.59 Å². The average Bonchev–Trinajstić information content (AvgIpc) is 3.09. The summed E-state index contributed by atoms with van der Waals surface area (Å²) in [5.74, 6) is 0.960. The Bertz CT molecular complexity index is 917. The van der Waals surface area contributed by atoms with Gasteiger partial charge in [0, 0.05) is 32.1 Å². The Hall–Kier alpha value is -3.22. The van der Waals surface area contributed by atoms with Gasteiger partial charge in [-0.1, -0.05) is 30.3 Å². The first-order valence-electron chi connectivity index (χ1n) is 9.56. The van der Waals surface area contributed by atoms with Crippen LogP contribution in [-0.2, 0) is 11.2 Å². The molecule has 1 atom stereocenters. The first kappa shape index (κ1) is 19.1. The molecule has 0 aromatic heterocycles. The van der Waals surface area contributed by atoms with E-state index in [0.717, 1.165) is 5.56 Å². The highest BCUT2D eigenvalue weighted by atomic mass is 16.6. The number of hydrogen-bond acceptors (Lipinski definition) is 5. The third-order valence-corrected chi connectivity index (χ3v) is 5.64. The van der Waals surface area contributed by atoms with Crippen LogP contribution in [0.4, 0.5) is 4.79 Å². The molecule has 0 aliphatic carbocycles. The third kappa shape index (κ3) is 3.48. The number of piperazine rings is 1. The predicted molar refractivity (Wildman–Crippen MR) is 106 cm³/mol. The summed E-state index contributed by atoms with van der Waals surface area (Å²) in [5.41, 5.74) is 1.01. The quantitative estimate of drug-likeness (QED) is 0.777. The van der Waals surface area contributed by atoms with Gasteiger partial charge in [-0.3, -0.25) is 9.69 Å². The lowest BCUT2D eigenvalue weighted by Gasteiger charge is -2.44. The van der Waals surface area contributed by atoms with E-state index in [0.29, 0.717) is 43.1 Å². The number of nitrogens with zero attached hydrogens (tertiary/aromatic N) is 2. The highest BCUT2D eigenvalue weighted by Crippen LogP contribution is 2.34. The number of carbonyl (C=O) groups excluding carboxylic acids is 2. The summed E-state index contributed by atoms with van der Waals surface area (Å²) in [5, 5.41) is 0.